The van der Waals surface area contributed by atoms with Crippen molar-refractivity contribution in [3.8, 4) is 0 Å². The zero-order chi connectivity index (χ0) is 18.5. The van der Waals surface area contributed by atoms with Crippen molar-refractivity contribution in [1.82, 2.24) is 19.6 Å². The Labute approximate surface area is 155 Å². The summed E-state index contributed by atoms with van der Waals surface area (Å²) in [5, 5.41) is 9.90. The Kier molecular flexibility index (Phi) is 4.23. The first-order valence-electron chi connectivity index (χ1n) is 8.73. The van der Waals surface area contributed by atoms with E-state index >= 15 is 0 Å². The molecule has 0 aliphatic carbocycles. The Morgan fingerprint density at radius 1 is 1.38 bits per heavy atom. The van der Waals surface area contributed by atoms with Crippen LogP contribution in [-0.2, 0) is 16.6 Å². The summed E-state index contributed by atoms with van der Waals surface area (Å²) in [5.41, 5.74) is 1.07. The van der Waals surface area contributed by atoms with Gasteiger partial charge < -0.3 is 10.1 Å². The van der Waals surface area contributed by atoms with Gasteiger partial charge in [-0.3, -0.25) is 24.1 Å². The summed E-state index contributed by atoms with van der Waals surface area (Å²) in [6.07, 6.45) is 3.27. The minimum Gasteiger partial charge on any atom is -0.375 e. The van der Waals surface area contributed by atoms with Crippen LogP contribution in [0.25, 0.3) is 0 Å². The Morgan fingerprint density at radius 3 is 2.88 bits per heavy atom. The monoisotopic (exact) mass is 377 g/mol. The number of aromatic nitrogens is 4. The number of ether oxygens (including phenoxy) is 1. The molecular formula is C17H23N5O3S. The number of carbonyl (C=O) groups is 1. The normalized spacial score (nSPS) is 25.4. The predicted octanol–water partition coefficient (Wildman–Crippen LogP) is 1.81. The van der Waals surface area contributed by atoms with Crippen molar-refractivity contribution in [1.29, 1.82) is 0 Å². The van der Waals surface area contributed by atoms with E-state index in [0.717, 1.165) is 18.5 Å². The van der Waals surface area contributed by atoms with Crippen LogP contribution in [0.4, 0.5) is 5.82 Å². The minimum atomic E-state index is -0.262. The van der Waals surface area contributed by atoms with Gasteiger partial charge >= 0.3 is 0 Å². The maximum Gasteiger partial charge on any atom is 0.271 e. The van der Waals surface area contributed by atoms with Crippen molar-refractivity contribution in [2.24, 2.45) is 7.05 Å². The molecular weight excluding hydrogens is 354 g/mol. The van der Waals surface area contributed by atoms with Crippen molar-refractivity contribution in [3.63, 3.8) is 0 Å². The summed E-state index contributed by atoms with van der Waals surface area (Å²) in [6.45, 7) is 4.72. The van der Waals surface area contributed by atoms with Crippen LogP contribution in [0.15, 0.2) is 17.1 Å². The molecule has 1 fully saturated rings. The van der Waals surface area contributed by atoms with Gasteiger partial charge in [-0.15, -0.1) is 11.8 Å². The number of fused-ring (bicyclic) bond motifs is 1. The minimum absolute atomic E-state index is 0.0748. The van der Waals surface area contributed by atoms with Gasteiger partial charge in [0.15, 0.2) is 0 Å². The molecule has 2 aliphatic rings. The molecule has 0 bridgehead atoms. The number of H-pyrrole nitrogens is 1. The fraction of sp³-hybridized carbons (Fsp3) is 0.588. The van der Waals surface area contributed by atoms with Crippen LogP contribution >= 0.6 is 11.8 Å². The molecule has 1 saturated heterocycles. The highest BCUT2D eigenvalue weighted by atomic mass is 32.2. The van der Waals surface area contributed by atoms with Crippen LogP contribution in [0.3, 0.4) is 0 Å². The summed E-state index contributed by atoms with van der Waals surface area (Å²) in [6, 6.07) is 1.97. The van der Waals surface area contributed by atoms with E-state index in [2.05, 4.69) is 15.5 Å². The lowest BCUT2D eigenvalue weighted by Crippen LogP contribution is -2.36. The highest BCUT2D eigenvalue weighted by Gasteiger charge is 2.36. The van der Waals surface area contributed by atoms with Crippen LogP contribution in [0.1, 0.15) is 49.2 Å². The van der Waals surface area contributed by atoms with Gasteiger partial charge in [0.2, 0.25) is 5.91 Å². The molecule has 26 heavy (non-hydrogen) atoms. The van der Waals surface area contributed by atoms with E-state index in [1.54, 1.807) is 10.9 Å². The van der Waals surface area contributed by atoms with Gasteiger partial charge in [-0.2, -0.15) is 5.10 Å². The highest BCUT2D eigenvalue weighted by molar-refractivity contribution is 8.00. The van der Waals surface area contributed by atoms with Gasteiger partial charge in [0.05, 0.1) is 33.9 Å². The first-order chi connectivity index (χ1) is 12.4. The molecule has 0 radical (unpaired) electrons. The van der Waals surface area contributed by atoms with E-state index in [-0.39, 0.29) is 28.4 Å². The number of thioether (sulfide) groups is 1. The molecule has 0 unspecified atom stereocenters. The number of anilines is 1. The predicted molar refractivity (Wildman–Crippen MR) is 99.5 cm³/mol. The second kappa shape index (κ2) is 6.31. The number of hydrogen-bond donors (Lipinski definition) is 2. The first-order valence-corrected chi connectivity index (χ1v) is 9.78. The SMILES string of the molecule is Cn1nccc1[C@@H]1SCC(=O)Nc2c1c(=O)[nH]n2[C@@H]1CCOC(C)(C)C1. The summed E-state index contributed by atoms with van der Waals surface area (Å²) in [7, 11) is 1.85. The molecule has 0 aromatic carbocycles. The molecule has 2 atom stereocenters. The molecule has 140 valence electrons. The number of nitrogens with one attached hydrogen (secondary N) is 2. The molecule has 4 rings (SSSR count). The number of aryl methyl sites for hydroxylation is 1. The smallest absolute Gasteiger partial charge is 0.271 e. The number of nitrogens with zero attached hydrogens (tertiary/aromatic N) is 3. The Hall–Kier alpha value is -2.00. The summed E-state index contributed by atoms with van der Waals surface area (Å²) in [5.74, 6) is 0.780. The zero-order valence-electron chi connectivity index (χ0n) is 15.1. The van der Waals surface area contributed by atoms with Crippen LogP contribution in [-0.4, -0.2) is 43.4 Å². The second-order valence-electron chi connectivity index (χ2n) is 7.45. The Bertz CT molecular complexity index is 897. The molecule has 8 nitrogen and oxygen atoms in total. The van der Waals surface area contributed by atoms with E-state index in [1.165, 1.54) is 11.8 Å². The standard InChI is InChI=1S/C17H23N5O3S/c1-17(2)8-10(5-7-25-17)22-15-13(16(24)20-22)14(26-9-12(23)19-15)11-4-6-18-21(11)3/h4,6,10,14H,5,7-9H2,1-3H3,(H,19,23)(H,20,24)/t10-,14+/m1/s1. The van der Waals surface area contributed by atoms with Crippen molar-refractivity contribution >= 4 is 23.5 Å². The van der Waals surface area contributed by atoms with E-state index in [0.29, 0.717) is 23.7 Å². The molecule has 2 aliphatic heterocycles. The van der Waals surface area contributed by atoms with Crippen LogP contribution in [0, 0.1) is 0 Å². The van der Waals surface area contributed by atoms with E-state index in [9.17, 15) is 9.59 Å². The van der Waals surface area contributed by atoms with Gasteiger partial charge in [-0.05, 0) is 32.8 Å². The third kappa shape index (κ3) is 2.99. The highest BCUT2D eigenvalue weighted by Crippen LogP contribution is 2.41. The van der Waals surface area contributed by atoms with Crippen molar-refractivity contribution in [3.05, 3.63) is 33.9 Å². The third-order valence-corrected chi connectivity index (χ3v) is 6.27. The molecule has 2 N–H and O–H groups in total. The van der Waals surface area contributed by atoms with Crippen molar-refractivity contribution < 1.29 is 9.53 Å². The first kappa shape index (κ1) is 17.4. The number of carbonyl (C=O) groups excluding carboxylic acids is 1. The summed E-state index contributed by atoms with van der Waals surface area (Å²) in [4.78, 5) is 25.2. The topological polar surface area (TPSA) is 93.9 Å². The molecule has 2 aromatic heterocycles. The zero-order valence-corrected chi connectivity index (χ0v) is 15.9. The third-order valence-electron chi connectivity index (χ3n) is 5.03. The lowest BCUT2D eigenvalue weighted by atomic mass is 9.94. The fourth-order valence-electron chi connectivity index (χ4n) is 3.81. The fourth-order valence-corrected chi connectivity index (χ4v) is 4.99. The average Bonchev–Trinajstić information content (AvgIpc) is 3.07. The molecule has 0 spiro atoms. The number of rotatable bonds is 2. The van der Waals surface area contributed by atoms with Crippen molar-refractivity contribution in [2.75, 3.05) is 17.7 Å². The Balaban J connectivity index is 1.82. The molecule has 4 heterocycles. The van der Waals surface area contributed by atoms with Gasteiger partial charge in [-0.1, -0.05) is 0 Å². The van der Waals surface area contributed by atoms with E-state index < -0.39 is 0 Å². The van der Waals surface area contributed by atoms with Crippen LogP contribution in [0.5, 0.6) is 0 Å². The molecule has 9 heteroatoms. The lowest BCUT2D eigenvalue weighted by Gasteiger charge is -2.36. The van der Waals surface area contributed by atoms with Gasteiger partial charge in [-0.25, -0.2) is 0 Å². The number of aromatic amines is 1. The van der Waals surface area contributed by atoms with E-state index in [4.69, 9.17) is 4.74 Å². The maximum absolute atomic E-state index is 12.9. The number of amides is 1. The second-order valence-corrected chi connectivity index (χ2v) is 8.54. The molecule has 1 amide bonds. The largest absolute Gasteiger partial charge is 0.375 e. The molecule has 0 saturated carbocycles. The number of hydrogen-bond acceptors (Lipinski definition) is 5. The quantitative estimate of drug-likeness (QED) is 0.833. The lowest BCUT2D eigenvalue weighted by molar-refractivity contribution is -0.113. The van der Waals surface area contributed by atoms with Gasteiger partial charge in [0.25, 0.3) is 5.56 Å². The van der Waals surface area contributed by atoms with Crippen molar-refractivity contribution in [2.45, 2.75) is 43.6 Å². The van der Waals surface area contributed by atoms with E-state index in [1.807, 2.05) is 31.6 Å². The van der Waals surface area contributed by atoms with Crippen LogP contribution < -0.4 is 10.9 Å². The van der Waals surface area contributed by atoms with Gasteiger partial charge in [0.1, 0.15) is 5.82 Å². The Morgan fingerprint density at radius 2 is 2.19 bits per heavy atom. The molecule has 2 aromatic rings. The summed E-state index contributed by atoms with van der Waals surface area (Å²) < 4.78 is 9.40. The van der Waals surface area contributed by atoms with Gasteiger partial charge in [0, 0.05) is 19.9 Å². The van der Waals surface area contributed by atoms with Crippen LogP contribution in [0.2, 0.25) is 0 Å². The average molecular weight is 377 g/mol. The summed E-state index contributed by atoms with van der Waals surface area (Å²) >= 11 is 1.45. The maximum atomic E-state index is 12.9.